The minimum atomic E-state index is -0.676. The summed E-state index contributed by atoms with van der Waals surface area (Å²) in [4.78, 5) is 2.97. The number of hydrogen-bond donors (Lipinski definition) is 1. The van der Waals surface area contributed by atoms with Crippen LogP contribution in [0, 0.1) is 11.6 Å². The molecule has 0 bridgehead atoms. The molecule has 6 nitrogen and oxygen atoms in total. The Balaban J connectivity index is 2.02. The smallest absolute Gasteiger partial charge is 0.162 e. The van der Waals surface area contributed by atoms with Gasteiger partial charge < -0.3 is 10.6 Å². The Morgan fingerprint density at radius 1 is 1.26 bits per heavy atom. The van der Waals surface area contributed by atoms with Gasteiger partial charge in [0.15, 0.2) is 18.0 Å². The number of tetrazole rings is 1. The molecule has 0 amide bonds. The Morgan fingerprint density at radius 2 is 2.00 bits per heavy atom. The lowest BCUT2D eigenvalue weighted by molar-refractivity contribution is 0.399. The van der Waals surface area contributed by atoms with Gasteiger partial charge >= 0.3 is 0 Å². The van der Waals surface area contributed by atoms with Crippen LogP contribution in [-0.4, -0.2) is 26.8 Å². The van der Waals surface area contributed by atoms with Crippen LogP contribution in [0.2, 0.25) is 0 Å². The Kier molecular flexibility index (Phi) is 2.77. The first-order valence-corrected chi connectivity index (χ1v) is 5.90. The van der Waals surface area contributed by atoms with Gasteiger partial charge in [-0.1, -0.05) is 0 Å². The Bertz CT molecular complexity index is 562. The largest absolute Gasteiger partial charge is 0.399 e. The molecule has 1 aromatic carbocycles. The molecule has 19 heavy (non-hydrogen) atoms. The van der Waals surface area contributed by atoms with E-state index in [0.29, 0.717) is 13.0 Å². The number of halogens is 2. The molecule has 0 spiro atoms. The van der Waals surface area contributed by atoms with E-state index in [1.54, 1.807) is 4.90 Å². The van der Waals surface area contributed by atoms with Gasteiger partial charge in [-0.05, 0) is 30.2 Å². The van der Waals surface area contributed by atoms with Crippen molar-refractivity contribution < 1.29 is 8.78 Å². The lowest BCUT2D eigenvalue weighted by atomic mass is 10.2. The molecule has 1 saturated heterocycles. The lowest BCUT2D eigenvalue weighted by Gasteiger charge is -2.26. The number of nitrogens with two attached hydrogens (primary N) is 1. The normalized spacial score (nSPS) is 19.1. The van der Waals surface area contributed by atoms with Crippen LogP contribution in [0.5, 0.6) is 0 Å². The third-order valence-electron chi connectivity index (χ3n) is 3.18. The molecular formula is C11H12F2N6. The van der Waals surface area contributed by atoms with E-state index < -0.39 is 11.6 Å². The Labute approximate surface area is 107 Å². The van der Waals surface area contributed by atoms with Crippen molar-refractivity contribution in [2.45, 2.75) is 19.0 Å². The molecule has 1 aliphatic rings. The lowest BCUT2D eigenvalue weighted by Crippen LogP contribution is -2.30. The van der Waals surface area contributed by atoms with E-state index in [4.69, 9.17) is 5.73 Å². The minimum absolute atomic E-state index is 0.0633. The fourth-order valence-electron chi connectivity index (χ4n) is 2.42. The number of anilines is 2. The maximum absolute atomic E-state index is 14.0. The van der Waals surface area contributed by atoms with Crippen LogP contribution in [0.4, 0.5) is 20.2 Å². The minimum Gasteiger partial charge on any atom is -0.399 e. The summed E-state index contributed by atoms with van der Waals surface area (Å²) in [5, 5.41) is 11.4. The summed E-state index contributed by atoms with van der Waals surface area (Å²) >= 11 is 0. The maximum atomic E-state index is 14.0. The molecule has 1 unspecified atom stereocenters. The SMILES string of the molecule is Nc1cc(F)c(N2CCCC2n2ncnn2)c(F)c1. The van der Waals surface area contributed by atoms with E-state index >= 15 is 0 Å². The van der Waals surface area contributed by atoms with Gasteiger partial charge in [0.1, 0.15) is 11.9 Å². The van der Waals surface area contributed by atoms with E-state index in [2.05, 4.69) is 15.4 Å². The number of nitrogens with zero attached hydrogens (tertiary/aromatic N) is 5. The maximum Gasteiger partial charge on any atom is 0.162 e. The van der Waals surface area contributed by atoms with Crippen LogP contribution >= 0.6 is 0 Å². The monoisotopic (exact) mass is 266 g/mol. The molecule has 1 aliphatic heterocycles. The Morgan fingerprint density at radius 3 is 2.63 bits per heavy atom. The molecule has 2 N–H and O–H groups in total. The van der Waals surface area contributed by atoms with Crippen molar-refractivity contribution in [3.05, 3.63) is 30.1 Å². The van der Waals surface area contributed by atoms with Crippen molar-refractivity contribution in [1.29, 1.82) is 0 Å². The van der Waals surface area contributed by atoms with Gasteiger partial charge in [-0.2, -0.15) is 0 Å². The van der Waals surface area contributed by atoms with Gasteiger partial charge in [0, 0.05) is 12.2 Å². The predicted octanol–water partition coefficient (Wildman–Crippen LogP) is 1.33. The number of hydrogen-bond acceptors (Lipinski definition) is 5. The summed E-state index contributed by atoms with van der Waals surface area (Å²) in [5.41, 5.74) is 5.39. The highest BCUT2D eigenvalue weighted by molar-refractivity contribution is 5.56. The number of rotatable bonds is 2. The summed E-state index contributed by atoms with van der Waals surface area (Å²) in [6.07, 6.45) is 2.48. The quantitative estimate of drug-likeness (QED) is 0.830. The predicted molar refractivity (Wildman–Crippen MR) is 64.2 cm³/mol. The zero-order chi connectivity index (χ0) is 13.4. The summed E-state index contributed by atoms with van der Waals surface area (Å²) < 4.78 is 27.9. The number of nitrogen functional groups attached to an aromatic ring is 1. The molecule has 3 rings (SSSR count). The second kappa shape index (κ2) is 4.45. The summed E-state index contributed by atoms with van der Waals surface area (Å²) in [6, 6.07) is 2.23. The molecule has 100 valence electrons. The average Bonchev–Trinajstić information content (AvgIpc) is 2.96. The molecule has 0 aliphatic carbocycles. The first kappa shape index (κ1) is 11.8. The van der Waals surface area contributed by atoms with Crippen LogP contribution in [0.1, 0.15) is 19.0 Å². The standard InChI is InChI=1S/C11H12F2N6/c12-8-4-7(14)5-9(13)11(8)18-3-1-2-10(18)19-16-6-15-17-19/h4-6,10H,1-3,14H2. The zero-order valence-electron chi connectivity index (χ0n) is 10.0. The van der Waals surface area contributed by atoms with E-state index in [0.717, 1.165) is 18.6 Å². The van der Waals surface area contributed by atoms with Crippen molar-refractivity contribution in [3.63, 3.8) is 0 Å². The van der Waals surface area contributed by atoms with Crippen LogP contribution in [0.3, 0.4) is 0 Å². The van der Waals surface area contributed by atoms with Crippen LogP contribution in [0.15, 0.2) is 18.5 Å². The first-order chi connectivity index (χ1) is 9.16. The van der Waals surface area contributed by atoms with Gasteiger partial charge in [0.25, 0.3) is 0 Å². The second-order valence-electron chi connectivity index (χ2n) is 4.41. The fraction of sp³-hybridized carbons (Fsp3) is 0.364. The van der Waals surface area contributed by atoms with Crippen molar-refractivity contribution in [1.82, 2.24) is 20.2 Å². The summed E-state index contributed by atoms with van der Waals surface area (Å²) in [7, 11) is 0. The summed E-state index contributed by atoms with van der Waals surface area (Å²) in [5.74, 6) is -1.35. The molecule has 1 fully saturated rings. The van der Waals surface area contributed by atoms with Gasteiger partial charge in [-0.3, -0.25) is 0 Å². The highest BCUT2D eigenvalue weighted by Crippen LogP contribution is 2.35. The molecule has 2 heterocycles. The van der Waals surface area contributed by atoms with Crippen molar-refractivity contribution in [2.24, 2.45) is 0 Å². The molecule has 8 heteroatoms. The van der Waals surface area contributed by atoms with Crippen molar-refractivity contribution in [3.8, 4) is 0 Å². The highest BCUT2D eigenvalue weighted by atomic mass is 19.1. The Hall–Kier alpha value is -2.25. The first-order valence-electron chi connectivity index (χ1n) is 5.90. The van der Waals surface area contributed by atoms with Crippen LogP contribution < -0.4 is 10.6 Å². The van der Waals surface area contributed by atoms with Crippen molar-refractivity contribution in [2.75, 3.05) is 17.2 Å². The van der Waals surface area contributed by atoms with Crippen LogP contribution in [0.25, 0.3) is 0 Å². The van der Waals surface area contributed by atoms with Gasteiger partial charge in [0.2, 0.25) is 0 Å². The van der Waals surface area contributed by atoms with Crippen molar-refractivity contribution >= 4 is 11.4 Å². The van der Waals surface area contributed by atoms with E-state index in [1.807, 2.05) is 0 Å². The molecule has 1 atom stereocenters. The summed E-state index contributed by atoms with van der Waals surface area (Å²) in [6.45, 7) is 0.532. The number of aromatic nitrogens is 4. The topological polar surface area (TPSA) is 72.9 Å². The molecule has 0 saturated carbocycles. The van der Waals surface area contributed by atoms with Crippen LogP contribution in [-0.2, 0) is 0 Å². The second-order valence-corrected chi connectivity index (χ2v) is 4.41. The van der Waals surface area contributed by atoms with Gasteiger partial charge in [-0.25, -0.2) is 8.78 Å². The fourth-order valence-corrected chi connectivity index (χ4v) is 2.42. The van der Waals surface area contributed by atoms with Gasteiger partial charge in [0.05, 0.1) is 0 Å². The van der Waals surface area contributed by atoms with Gasteiger partial charge in [-0.15, -0.1) is 15.0 Å². The molecule has 2 aromatic rings. The highest BCUT2D eigenvalue weighted by Gasteiger charge is 2.31. The zero-order valence-corrected chi connectivity index (χ0v) is 10.0. The number of benzene rings is 1. The molecular weight excluding hydrogens is 254 g/mol. The van der Waals surface area contributed by atoms with E-state index in [1.165, 1.54) is 11.1 Å². The van der Waals surface area contributed by atoms with E-state index in [9.17, 15) is 8.78 Å². The molecule has 0 radical (unpaired) electrons. The average molecular weight is 266 g/mol. The molecule has 1 aromatic heterocycles. The third-order valence-corrected chi connectivity index (χ3v) is 3.18. The van der Waals surface area contributed by atoms with E-state index in [-0.39, 0.29) is 17.5 Å². The third kappa shape index (κ3) is 1.98.